The highest BCUT2D eigenvalue weighted by molar-refractivity contribution is 5.82. The molecule has 4 rings (SSSR count). The predicted octanol–water partition coefficient (Wildman–Crippen LogP) is 1.88. The van der Waals surface area contributed by atoms with E-state index in [9.17, 15) is 4.79 Å². The topological polar surface area (TPSA) is 69.0 Å². The second kappa shape index (κ2) is 10.2. The number of nitrogens with zero attached hydrogens (tertiary/aromatic N) is 6. The van der Waals surface area contributed by atoms with Crippen LogP contribution in [0.25, 0.3) is 5.69 Å². The van der Waals surface area contributed by atoms with Crippen LogP contribution in [0.4, 0.5) is 0 Å². The van der Waals surface area contributed by atoms with Gasteiger partial charge in [-0.25, -0.2) is 4.68 Å². The highest BCUT2D eigenvalue weighted by Gasteiger charge is 2.30. The summed E-state index contributed by atoms with van der Waals surface area (Å²) >= 11 is 0. The molecular formula is C24H35N7O. The molecule has 8 heteroatoms. The number of aliphatic imine (C=N–C) groups is 1. The van der Waals surface area contributed by atoms with E-state index in [1.807, 2.05) is 41.9 Å². The van der Waals surface area contributed by atoms with E-state index >= 15 is 0 Å². The molecule has 3 heterocycles. The van der Waals surface area contributed by atoms with Crippen LogP contribution in [0.15, 0.2) is 41.5 Å². The molecular weight excluding hydrogens is 402 g/mol. The van der Waals surface area contributed by atoms with Gasteiger partial charge >= 0.3 is 0 Å². The molecule has 0 bridgehead atoms. The number of piperazine rings is 1. The number of likely N-dealkylation sites (tertiary alicyclic amines) is 1. The third-order valence-corrected chi connectivity index (χ3v) is 6.55. The van der Waals surface area contributed by atoms with Crippen LogP contribution < -0.4 is 5.32 Å². The van der Waals surface area contributed by atoms with Crippen molar-refractivity contribution in [1.29, 1.82) is 0 Å². The number of aryl methyl sites for hydroxylation is 1. The van der Waals surface area contributed by atoms with Gasteiger partial charge in [-0.05, 0) is 44.4 Å². The minimum Gasteiger partial charge on any atom is -0.352 e. The van der Waals surface area contributed by atoms with Gasteiger partial charge in [0.05, 0.1) is 17.4 Å². The number of carbonyl (C=O) groups is 1. The van der Waals surface area contributed by atoms with Gasteiger partial charge in [0.15, 0.2) is 5.96 Å². The zero-order valence-electron chi connectivity index (χ0n) is 19.5. The van der Waals surface area contributed by atoms with Gasteiger partial charge in [-0.1, -0.05) is 18.2 Å². The summed E-state index contributed by atoms with van der Waals surface area (Å²) in [5, 5.41) is 8.08. The van der Waals surface area contributed by atoms with Crippen LogP contribution >= 0.6 is 0 Å². The summed E-state index contributed by atoms with van der Waals surface area (Å²) in [5.41, 5.74) is 3.24. The molecule has 2 aliphatic rings. The fourth-order valence-electron chi connectivity index (χ4n) is 4.62. The molecule has 2 fully saturated rings. The van der Waals surface area contributed by atoms with Crippen molar-refractivity contribution in [2.24, 2.45) is 4.99 Å². The van der Waals surface area contributed by atoms with Gasteiger partial charge in [-0.15, -0.1) is 0 Å². The predicted molar refractivity (Wildman–Crippen MR) is 127 cm³/mol. The summed E-state index contributed by atoms with van der Waals surface area (Å²) in [6, 6.07) is 10.3. The monoisotopic (exact) mass is 437 g/mol. The first kappa shape index (κ1) is 22.3. The van der Waals surface area contributed by atoms with Crippen LogP contribution in [-0.2, 0) is 11.3 Å². The summed E-state index contributed by atoms with van der Waals surface area (Å²) in [4.78, 5) is 23.9. The van der Waals surface area contributed by atoms with Crippen LogP contribution in [0.5, 0.6) is 0 Å². The van der Waals surface area contributed by atoms with Gasteiger partial charge in [0.2, 0.25) is 5.91 Å². The molecule has 1 aromatic carbocycles. The summed E-state index contributed by atoms with van der Waals surface area (Å²) in [5.74, 6) is 1.18. The van der Waals surface area contributed by atoms with Crippen molar-refractivity contribution in [1.82, 2.24) is 29.8 Å². The summed E-state index contributed by atoms with van der Waals surface area (Å²) < 4.78 is 1.92. The molecule has 8 nitrogen and oxygen atoms in total. The Morgan fingerprint density at radius 2 is 1.78 bits per heavy atom. The number of aromatic nitrogens is 2. The molecule has 1 atom stereocenters. The van der Waals surface area contributed by atoms with Crippen molar-refractivity contribution >= 4 is 11.9 Å². The van der Waals surface area contributed by atoms with Gasteiger partial charge in [-0.2, -0.15) is 5.10 Å². The van der Waals surface area contributed by atoms with Gasteiger partial charge in [0, 0.05) is 59.1 Å². The van der Waals surface area contributed by atoms with E-state index in [1.54, 1.807) is 0 Å². The molecule has 32 heavy (non-hydrogen) atoms. The number of para-hydroxylation sites is 1. The van der Waals surface area contributed by atoms with Crippen molar-refractivity contribution in [3.05, 3.63) is 47.8 Å². The molecule has 1 aromatic heterocycles. The lowest BCUT2D eigenvalue weighted by molar-refractivity contribution is -0.135. The number of hydrogen-bond acceptors (Lipinski definition) is 4. The number of nitrogens with one attached hydrogen (secondary N) is 1. The first-order chi connectivity index (χ1) is 15.6. The molecule has 0 saturated carbocycles. The number of rotatable bonds is 5. The van der Waals surface area contributed by atoms with Crippen LogP contribution in [0.2, 0.25) is 0 Å². The van der Waals surface area contributed by atoms with E-state index in [-0.39, 0.29) is 11.9 Å². The average Bonchev–Trinajstić information content (AvgIpc) is 3.51. The maximum atomic E-state index is 12.8. The number of hydrogen-bond donors (Lipinski definition) is 1. The lowest BCUT2D eigenvalue weighted by Gasteiger charge is -2.39. The normalized spacial score (nSPS) is 18.8. The molecule has 2 aromatic rings. The van der Waals surface area contributed by atoms with Crippen molar-refractivity contribution in [3.63, 3.8) is 0 Å². The van der Waals surface area contributed by atoms with Gasteiger partial charge in [-0.3, -0.25) is 14.7 Å². The Bertz CT molecular complexity index is 939. The molecule has 1 unspecified atom stereocenters. The van der Waals surface area contributed by atoms with E-state index in [4.69, 9.17) is 0 Å². The minimum atomic E-state index is -0.0466. The summed E-state index contributed by atoms with van der Waals surface area (Å²) in [6.45, 7) is 10.0. The van der Waals surface area contributed by atoms with E-state index in [0.29, 0.717) is 6.54 Å². The summed E-state index contributed by atoms with van der Waals surface area (Å²) in [6.07, 6.45) is 4.27. The second-order valence-corrected chi connectivity index (χ2v) is 8.66. The van der Waals surface area contributed by atoms with Crippen molar-refractivity contribution in [2.45, 2.75) is 39.3 Å². The molecule has 172 valence electrons. The Hall–Kier alpha value is -2.87. The first-order valence-corrected chi connectivity index (χ1v) is 11.7. The number of carbonyl (C=O) groups excluding carboxylic acids is 1. The average molecular weight is 438 g/mol. The molecule has 0 radical (unpaired) electrons. The van der Waals surface area contributed by atoms with E-state index in [0.717, 1.165) is 69.5 Å². The zero-order valence-corrected chi connectivity index (χ0v) is 19.5. The van der Waals surface area contributed by atoms with Crippen LogP contribution in [0.1, 0.15) is 31.0 Å². The smallest absolute Gasteiger partial charge is 0.239 e. The Kier molecular flexibility index (Phi) is 7.09. The third kappa shape index (κ3) is 4.96. The maximum Gasteiger partial charge on any atom is 0.239 e. The molecule has 1 N–H and O–H groups in total. The van der Waals surface area contributed by atoms with E-state index in [2.05, 4.69) is 50.3 Å². The SMILES string of the molecule is CN=C(NCc1ccccc1-n1ccc(C)n1)N1CCN(C(C)C(=O)N2CCCC2)CC1. The molecule has 0 aliphatic carbocycles. The number of guanidine groups is 1. The highest BCUT2D eigenvalue weighted by Crippen LogP contribution is 2.16. The fourth-order valence-corrected chi connectivity index (χ4v) is 4.62. The molecule has 2 saturated heterocycles. The van der Waals surface area contributed by atoms with Gasteiger partial charge in [0.1, 0.15) is 0 Å². The van der Waals surface area contributed by atoms with Crippen LogP contribution in [-0.4, -0.2) is 88.7 Å². The van der Waals surface area contributed by atoms with E-state index < -0.39 is 0 Å². The third-order valence-electron chi connectivity index (χ3n) is 6.55. The fraction of sp³-hybridized carbons (Fsp3) is 0.542. The Morgan fingerprint density at radius 1 is 1.06 bits per heavy atom. The molecule has 0 spiro atoms. The Balaban J connectivity index is 1.33. The summed E-state index contributed by atoms with van der Waals surface area (Å²) in [7, 11) is 1.83. The van der Waals surface area contributed by atoms with Gasteiger partial charge < -0.3 is 15.1 Å². The van der Waals surface area contributed by atoms with E-state index in [1.165, 1.54) is 5.56 Å². The quantitative estimate of drug-likeness (QED) is 0.572. The zero-order chi connectivity index (χ0) is 22.5. The number of benzene rings is 1. The number of amides is 1. The standard InChI is InChI=1S/C24H35N7O/c1-19-10-13-31(27-19)22-9-5-4-8-21(22)18-26-24(25-3)30-16-14-28(15-17-30)20(2)23(32)29-11-6-7-12-29/h4-5,8-10,13,20H,6-7,11-12,14-18H2,1-3H3,(H,25,26). The molecule has 2 aliphatic heterocycles. The first-order valence-electron chi connectivity index (χ1n) is 11.7. The van der Waals surface area contributed by atoms with Crippen molar-refractivity contribution in [3.8, 4) is 5.69 Å². The highest BCUT2D eigenvalue weighted by atomic mass is 16.2. The maximum absolute atomic E-state index is 12.8. The second-order valence-electron chi connectivity index (χ2n) is 8.66. The lowest BCUT2D eigenvalue weighted by atomic mass is 10.1. The van der Waals surface area contributed by atoms with Gasteiger partial charge in [0.25, 0.3) is 0 Å². The van der Waals surface area contributed by atoms with Crippen LogP contribution in [0, 0.1) is 6.92 Å². The van der Waals surface area contributed by atoms with Crippen LogP contribution in [0.3, 0.4) is 0 Å². The molecule has 1 amide bonds. The largest absolute Gasteiger partial charge is 0.352 e. The Morgan fingerprint density at radius 3 is 2.44 bits per heavy atom. The lowest BCUT2D eigenvalue weighted by Crippen LogP contribution is -2.57. The Labute approximate surface area is 190 Å². The van der Waals surface area contributed by atoms with Crippen molar-refractivity contribution < 1.29 is 4.79 Å². The minimum absolute atomic E-state index is 0.0466. The van der Waals surface area contributed by atoms with Crippen molar-refractivity contribution in [2.75, 3.05) is 46.3 Å².